The van der Waals surface area contributed by atoms with Gasteiger partial charge in [-0.15, -0.1) is 10.2 Å². The van der Waals surface area contributed by atoms with E-state index in [1.165, 1.54) is 16.1 Å². The maximum atomic E-state index is 12.8. The first-order chi connectivity index (χ1) is 15.3. The molecule has 10 heteroatoms. The number of halogens is 1. The zero-order chi connectivity index (χ0) is 22.9. The van der Waals surface area contributed by atoms with Crippen LogP contribution in [0.3, 0.4) is 0 Å². The molecule has 0 aliphatic carbocycles. The van der Waals surface area contributed by atoms with Gasteiger partial charge in [0.05, 0.1) is 17.2 Å². The summed E-state index contributed by atoms with van der Waals surface area (Å²) in [6.45, 7) is 4.73. The van der Waals surface area contributed by atoms with Gasteiger partial charge in [0.25, 0.3) is 0 Å². The van der Waals surface area contributed by atoms with Crippen LogP contribution in [0.25, 0.3) is 11.4 Å². The first-order valence-corrected chi connectivity index (χ1v) is 13.3. The molecule has 0 radical (unpaired) electrons. The standard InChI is InChI=1S/C22H23ClN4O3S2/c1-3-26-21(15-5-8-18(23)9-6-15)24-25-22(26)31-14-20(28)17-7-10-19-16(13-17)11-12-27(19)32(29,30)4-2/h5-10,13H,3-4,11-12,14H2,1-2H3. The molecule has 4 rings (SSSR count). The van der Waals surface area contributed by atoms with Crippen LogP contribution in [-0.2, 0) is 23.0 Å². The second-order valence-corrected chi connectivity index (χ2v) is 10.9. The maximum absolute atomic E-state index is 12.8. The van der Waals surface area contributed by atoms with Gasteiger partial charge in [-0.05, 0) is 68.3 Å². The molecule has 2 aromatic carbocycles. The van der Waals surface area contributed by atoms with Crippen LogP contribution in [0.15, 0.2) is 47.6 Å². The Morgan fingerprint density at radius 1 is 1.12 bits per heavy atom. The number of anilines is 1. The molecule has 1 aromatic heterocycles. The minimum Gasteiger partial charge on any atom is -0.302 e. The zero-order valence-electron chi connectivity index (χ0n) is 17.8. The van der Waals surface area contributed by atoms with Crippen LogP contribution in [0.5, 0.6) is 0 Å². The third-order valence-electron chi connectivity index (χ3n) is 5.42. The minimum absolute atomic E-state index is 0.0340. The number of ketones is 1. The number of nitrogens with zero attached hydrogens (tertiary/aromatic N) is 4. The lowest BCUT2D eigenvalue weighted by atomic mass is 10.1. The summed E-state index contributed by atoms with van der Waals surface area (Å²) < 4.78 is 27.9. The predicted molar refractivity (Wildman–Crippen MR) is 128 cm³/mol. The monoisotopic (exact) mass is 490 g/mol. The number of thioether (sulfide) groups is 1. The fraction of sp³-hybridized carbons (Fsp3) is 0.318. The number of aromatic nitrogens is 3. The number of benzene rings is 2. The lowest BCUT2D eigenvalue weighted by Crippen LogP contribution is -2.30. The van der Waals surface area contributed by atoms with E-state index in [0.717, 1.165) is 17.0 Å². The van der Waals surface area contributed by atoms with Gasteiger partial charge in [-0.1, -0.05) is 23.4 Å². The topological polar surface area (TPSA) is 85.2 Å². The third-order valence-corrected chi connectivity index (χ3v) is 8.42. The quantitative estimate of drug-likeness (QED) is 0.345. The molecule has 0 unspecified atom stereocenters. The van der Waals surface area contributed by atoms with Crippen molar-refractivity contribution in [3.63, 3.8) is 0 Å². The highest BCUT2D eigenvalue weighted by molar-refractivity contribution is 7.99. The molecule has 1 aliphatic heterocycles. The van der Waals surface area contributed by atoms with Crippen LogP contribution >= 0.6 is 23.4 Å². The number of Topliss-reactive ketones (excluding diaryl/α,β-unsaturated/α-hetero) is 1. The Balaban J connectivity index is 1.49. The SMILES string of the molecule is CCn1c(SCC(=O)c2ccc3c(c2)CCN3S(=O)(=O)CC)nnc1-c1ccc(Cl)cc1. The number of carbonyl (C=O) groups is 1. The first kappa shape index (κ1) is 22.8. The summed E-state index contributed by atoms with van der Waals surface area (Å²) in [6, 6.07) is 12.7. The van der Waals surface area contributed by atoms with Crippen molar-refractivity contribution in [2.45, 2.75) is 32.0 Å². The Kier molecular flexibility index (Phi) is 6.60. The van der Waals surface area contributed by atoms with Crippen LogP contribution in [0, 0.1) is 0 Å². The van der Waals surface area contributed by atoms with Gasteiger partial charge in [0.15, 0.2) is 16.8 Å². The summed E-state index contributed by atoms with van der Waals surface area (Å²) in [6.07, 6.45) is 0.609. The first-order valence-electron chi connectivity index (χ1n) is 10.3. The van der Waals surface area contributed by atoms with Crippen LogP contribution in [-0.4, -0.2) is 47.0 Å². The molecule has 3 aromatic rings. The second kappa shape index (κ2) is 9.25. The van der Waals surface area contributed by atoms with Crippen LogP contribution in [0.2, 0.25) is 5.02 Å². The van der Waals surface area contributed by atoms with E-state index < -0.39 is 10.0 Å². The Labute approximate surface area is 196 Å². The molecule has 0 N–H and O–H groups in total. The summed E-state index contributed by atoms with van der Waals surface area (Å²) in [5, 5.41) is 9.90. The molecule has 0 atom stereocenters. The van der Waals surface area contributed by atoms with Gasteiger partial charge in [0, 0.05) is 29.2 Å². The highest BCUT2D eigenvalue weighted by Gasteiger charge is 2.28. The highest BCUT2D eigenvalue weighted by Crippen LogP contribution is 2.32. The summed E-state index contributed by atoms with van der Waals surface area (Å²) in [4.78, 5) is 12.8. The van der Waals surface area contributed by atoms with Gasteiger partial charge in [0.1, 0.15) is 0 Å². The molecule has 168 valence electrons. The maximum Gasteiger partial charge on any atom is 0.234 e. The molecule has 0 fully saturated rings. The zero-order valence-corrected chi connectivity index (χ0v) is 20.2. The molecular formula is C22H23ClN4O3S2. The fourth-order valence-corrected chi connectivity index (χ4v) is 5.88. The van der Waals surface area contributed by atoms with Gasteiger partial charge in [-0.25, -0.2) is 8.42 Å². The van der Waals surface area contributed by atoms with Gasteiger partial charge < -0.3 is 4.57 Å². The van der Waals surface area contributed by atoms with Crippen LogP contribution in [0.1, 0.15) is 29.8 Å². The Morgan fingerprint density at radius 3 is 2.56 bits per heavy atom. The Bertz CT molecular complexity index is 1260. The van der Waals surface area contributed by atoms with E-state index in [2.05, 4.69) is 10.2 Å². The summed E-state index contributed by atoms with van der Waals surface area (Å²) in [5.74, 6) is 0.969. The van der Waals surface area contributed by atoms with Crippen molar-refractivity contribution in [3.05, 3.63) is 58.6 Å². The van der Waals surface area contributed by atoms with E-state index in [1.54, 1.807) is 19.1 Å². The van der Waals surface area contributed by atoms with Gasteiger partial charge in [-0.2, -0.15) is 0 Å². The highest BCUT2D eigenvalue weighted by atomic mass is 35.5. The van der Waals surface area contributed by atoms with Gasteiger partial charge >= 0.3 is 0 Å². The van der Waals surface area contributed by atoms with E-state index in [0.29, 0.717) is 40.9 Å². The molecule has 0 bridgehead atoms. The number of carbonyl (C=O) groups excluding carboxylic acids is 1. The molecule has 0 spiro atoms. The van der Waals surface area contributed by atoms with Crippen molar-refractivity contribution in [1.82, 2.24) is 14.8 Å². The van der Waals surface area contributed by atoms with Crippen molar-refractivity contribution in [3.8, 4) is 11.4 Å². The van der Waals surface area contributed by atoms with Crippen molar-refractivity contribution in [2.75, 3.05) is 22.4 Å². The average Bonchev–Trinajstić information content (AvgIpc) is 3.41. The number of hydrogen-bond donors (Lipinski definition) is 0. The molecule has 0 amide bonds. The van der Waals surface area contributed by atoms with Gasteiger partial charge in [0.2, 0.25) is 10.0 Å². The Hall–Kier alpha value is -2.36. The lowest BCUT2D eigenvalue weighted by Gasteiger charge is -2.18. The van der Waals surface area contributed by atoms with Crippen molar-refractivity contribution < 1.29 is 13.2 Å². The minimum atomic E-state index is -3.30. The van der Waals surface area contributed by atoms with Crippen molar-refractivity contribution in [1.29, 1.82) is 0 Å². The number of hydrogen-bond acceptors (Lipinski definition) is 6. The summed E-state index contributed by atoms with van der Waals surface area (Å²) in [5.41, 5.74) is 3.05. The van der Waals surface area contributed by atoms with E-state index in [4.69, 9.17) is 11.6 Å². The fourth-order valence-electron chi connectivity index (χ4n) is 3.70. The largest absolute Gasteiger partial charge is 0.302 e. The second-order valence-electron chi connectivity index (χ2n) is 7.34. The van der Waals surface area contributed by atoms with Gasteiger partial charge in [-0.3, -0.25) is 9.10 Å². The number of rotatable bonds is 8. The summed E-state index contributed by atoms with van der Waals surface area (Å²) >= 11 is 7.32. The Morgan fingerprint density at radius 2 is 1.88 bits per heavy atom. The number of sulfonamides is 1. The van der Waals surface area contributed by atoms with E-state index in [-0.39, 0.29) is 17.3 Å². The molecule has 0 saturated heterocycles. The van der Waals surface area contributed by atoms with Crippen molar-refractivity contribution in [2.24, 2.45) is 0 Å². The van der Waals surface area contributed by atoms with Crippen LogP contribution < -0.4 is 4.31 Å². The average molecular weight is 491 g/mol. The molecule has 7 nitrogen and oxygen atoms in total. The van der Waals surface area contributed by atoms with Crippen LogP contribution in [0.4, 0.5) is 5.69 Å². The number of fused-ring (bicyclic) bond motifs is 1. The molecular weight excluding hydrogens is 468 g/mol. The van der Waals surface area contributed by atoms with E-state index >= 15 is 0 Å². The lowest BCUT2D eigenvalue weighted by molar-refractivity contribution is 0.102. The molecule has 32 heavy (non-hydrogen) atoms. The molecule has 2 heterocycles. The van der Waals surface area contributed by atoms with E-state index in [1.807, 2.05) is 41.8 Å². The molecule has 1 aliphatic rings. The van der Waals surface area contributed by atoms with Crippen molar-refractivity contribution >= 4 is 44.9 Å². The molecule has 0 saturated carbocycles. The summed E-state index contributed by atoms with van der Waals surface area (Å²) in [7, 11) is -3.30. The normalized spacial score (nSPS) is 13.4. The third kappa shape index (κ3) is 4.42. The smallest absolute Gasteiger partial charge is 0.234 e. The van der Waals surface area contributed by atoms with E-state index in [9.17, 15) is 13.2 Å². The predicted octanol–water partition coefficient (Wildman–Crippen LogP) is 4.31.